The molecule has 2 aromatic carbocycles. The summed E-state index contributed by atoms with van der Waals surface area (Å²) in [7, 11) is 1.30. The highest BCUT2D eigenvalue weighted by Gasteiger charge is 2.40. The fourth-order valence-corrected chi connectivity index (χ4v) is 5.84. The Hall–Kier alpha value is -4.18. The number of hydrogen-bond donors (Lipinski definition) is 0. The van der Waals surface area contributed by atoms with Crippen LogP contribution in [0.15, 0.2) is 60.4 Å². The van der Waals surface area contributed by atoms with Crippen molar-refractivity contribution in [3.8, 4) is 5.75 Å². The molecule has 0 N–H and O–H groups in total. The molecule has 0 radical (unpaired) electrons. The number of benzene rings is 2. The Labute approximate surface area is 244 Å². The van der Waals surface area contributed by atoms with Crippen LogP contribution >= 0.6 is 12.2 Å². The van der Waals surface area contributed by atoms with E-state index in [1.807, 2.05) is 46.9 Å². The Morgan fingerprint density at radius 3 is 2.54 bits per heavy atom. The predicted octanol–water partition coefficient (Wildman–Crippen LogP) is 4.59. The lowest BCUT2D eigenvalue weighted by Gasteiger charge is -2.33. The number of methoxy groups -OCH3 is 1. The summed E-state index contributed by atoms with van der Waals surface area (Å²) in [5.41, 5.74) is 2.43. The molecule has 2 fully saturated rings. The number of rotatable bonds is 8. The average molecular weight is 575 g/mol. The van der Waals surface area contributed by atoms with Gasteiger partial charge in [0.25, 0.3) is 5.91 Å². The third-order valence-electron chi connectivity index (χ3n) is 7.60. The molecule has 2 aliphatic rings. The lowest BCUT2D eigenvalue weighted by Crippen LogP contribution is -2.43. The first-order valence-corrected chi connectivity index (χ1v) is 14.3. The van der Waals surface area contributed by atoms with Crippen LogP contribution in [0, 0.1) is 0 Å². The van der Waals surface area contributed by atoms with E-state index in [9.17, 15) is 14.4 Å². The van der Waals surface area contributed by atoms with Gasteiger partial charge in [-0.2, -0.15) is 0 Å². The summed E-state index contributed by atoms with van der Waals surface area (Å²) >= 11 is 5.70. The monoisotopic (exact) mass is 574 g/mol. The van der Waals surface area contributed by atoms with E-state index >= 15 is 0 Å². The average Bonchev–Trinajstić information content (AvgIpc) is 3.43. The van der Waals surface area contributed by atoms with Crippen LogP contribution in [0.5, 0.6) is 5.75 Å². The summed E-state index contributed by atoms with van der Waals surface area (Å²) in [6.07, 6.45) is 6.79. The molecule has 3 aromatic rings. The predicted molar refractivity (Wildman–Crippen MR) is 161 cm³/mol. The zero-order valence-electron chi connectivity index (χ0n) is 23.5. The minimum absolute atomic E-state index is 0.0734. The van der Waals surface area contributed by atoms with Gasteiger partial charge in [0, 0.05) is 35.2 Å². The van der Waals surface area contributed by atoms with E-state index in [0.29, 0.717) is 18.0 Å². The van der Waals surface area contributed by atoms with Crippen molar-refractivity contribution >= 4 is 57.8 Å². The van der Waals surface area contributed by atoms with Gasteiger partial charge in [0.05, 0.1) is 19.4 Å². The van der Waals surface area contributed by atoms with E-state index < -0.39 is 5.97 Å². The van der Waals surface area contributed by atoms with Gasteiger partial charge in [-0.1, -0.05) is 18.2 Å². The first-order chi connectivity index (χ1) is 19.8. The number of amides is 2. The van der Waals surface area contributed by atoms with E-state index in [0.717, 1.165) is 42.3 Å². The molecule has 0 spiro atoms. The van der Waals surface area contributed by atoms with Gasteiger partial charge in [-0.3, -0.25) is 19.3 Å². The van der Waals surface area contributed by atoms with Crippen LogP contribution in [0.2, 0.25) is 0 Å². The molecule has 0 aliphatic carbocycles. The third-order valence-corrected chi connectivity index (χ3v) is 8.00. The van der Waals surface area contributed by atoms with Gasteiger partial charge in [0.15, 0.2) is 5.11 Å². The molecule has 5 rings (SSSR count). The van der Waals surface area contributed by atoms with Crippen LogP contribution in [-0.4, -0.2) is 70.1 Å². The summed E-state index contributed by atoms with van der Waals surface area (Å²) < 4.78 is 12.4. The minimum atomic E-state index is -0.525. The molecule has 2 amide bonds. The van der Waals surface area contributed by atoms with Crippen molar-refractivity contribution in [1.29, 1.82) is 0 Å². The number of thiocarbonyl (C=S) groups is 1. The second kappa shape index (κ2) is 12.1. The van der Waals surface area contributed by atoms with Gasteiger partial charge in [0.2, 0.25) is 5.91 Å². The van der Waals surface area contributed by atoms with E-state index in [-0.39, 0.29) is 41.8 Å². The summed E-state index contributed by atoms with van der Waals surface area (Å²) in [6.45, 7) is 5.27. The van der Waals surface area contributed by atoms with Crippen molar-refractivity contribution in [1.82, 2.24) is 14.4 Å². The lowest BCUT2D eigenvalue weighted by molar-refractivity contribution is -0.140. The number of likely N-dealkylation sites (tertiary alicyclic amines) is 1. The third kappa shape index (κ3) is 5.69. The molecule has 1 aromatic heterocycles. The molecule has 9 nitrogen and oxygen atoms in total. The van der Waals surface area contributed by atoms with Gasteiger partial charge in [-0.25, -0.2) is 0 Å². The van der Waals surface area contributed by atoms with Gasteiger partial charge in [-0.05, 0) is 81.7 Å². The number of aromatic nitrogens is 1. The van der Waals surface area contributed by atoms with Crippen molar-refractivity contribution in [2.24, 2.45) is 0 Å². The zero-order chi connectivity index (χ0) is 29.1. The SMILES string of the molecule is CCOc1ccc(N2C(=O)/C(=C/c3cn(CC(=O)N4CCCC[C@@H]4C)c4ccccc34)N(CC(=O)OC)C2=S)cc1. The van der Waals surface area contributed by atoms with E-state index in [1.54, 1.807) is 30.3 Å². The van der Waals surface area contributed by atoms with Crippen LogP contribution in [0.25, 0.3) is 17.0 Å². The Morgan fingerprint density at radius 2 is 1.83 bits per heavy atom. The molecule has 1 atom stereocenters. The van der Waals surface area contributed by atoms with Crippen molar-refractivity contribution in [3.63, 3.8) is 0 Å². The first-order valence-electron chi connectivity index (χ1n) is 13.9. The van der Waals surface area contributed by atoms with Crippen molar-refractivity contribution in [2.45, 2.75) is 45.7 Å². The standard InChI is InChI=1S/C31H34N4O5S/c1-4-40-24-14-12-23(13-15-24)35-30(38)27(34(31(35)41)20-29(37)39-3)17-22-18-32(26-11-6-5-10-25(22)26)19-28(36)33-16-8-7-9-21(33)2/h5-6,10-15,17-18,21H,4,7-9,16,19-20H2,1-3H3/b27-17-/t21-/m0/s1. The number of carbonyl (C=O) groups is 3. The van der Waals surface area contributed by atoms with Crippen molar-refractivity contribution in [2.75, 3.05) is 31.7 Å². The number of carbonyl (C=O) groups excluding carboxylic acids is 3. The highest BCUT2D eigenvalue weighted by Crippen LogP contribution is 2.32. The molecular formula is C31H34N4O5S. The molecule has 0 saturated carbocycles. The van der Waals surface area contributed by atoms with Crippen LogP contribution in [-0.2, 0) is 25.7 Å². The number of para-hydroxylation sites is 1. The quantitative estimate of drug-likeness (QED) is 0.221. The summed E-state index contributed by atoms with van der Waals surface area (Å²) in [4.78, 5) is 44.3. The fourth-order valence-electron chi connectivity index (χ4n) is 5.49. The van der Waals surface area contributed by atoms with Crippen LogP contribution in [0.3, 0.4) is 0 Å². The zero-order valence-corrected chi connectivity index (χ0v) is 24.4. The highest BCUT2D eigenvalue weighted by atomic mass is 32.1. The molecule has 0 unspecified atom stereocenters. The van der Waals surface area contributed by atoms with Gasteiger partial charge in [0.1, 0.15) is 24.5 Å². The summed E-state index contributed by atoms with van der Waals surface area (Å²) in [5.74, 6) is -0.136. The fraction of sp³-hybridized carbons (Fsp3) is 0.355. The highest BCUT2D eigenvalue weighted by molar-refractivity contribution is 7.80. The normalized spacial score (nSPS) is 18.5. The number of nitrogens with zero attached hydrogens (tertiary/aromatic N) is 4. The second-order valence-corrected chi connectivity index (χ2v) is 10.6. The molecule has 10 heteroatoms. The molecule has 214 valence electrons. The van der Waals surface area contributed by atoms with Crippen molar-refractivity contribution < 1.29 is 23.9 Å². The summed E-state index contributed by atoms with van der Waals surface area (Å²) in [5, 5.41) is 1.06. The number of piperidine rings is 1. The largest absolute Gasteiger partial charge is 0.494 e. The topological polar surface area (TPSA) is 84.3 Å². The number of esters is 1. The number of hydrogen-bond acceptors (Lipinski definition) is 6. The number of ether oxygens (including phenoxy) is 2. The van der Waals surface area contributed by atoms with E-state index in [1.165, 1.54) is 16.9 Å². The smallest absolute Gasteiger partial charge is 0.325 e. The number of fused-ring (bicyclic) bond motifs is 1. The van der Waals surface area contributed by atoms with E-state index in [4.69, 9.17) is 21.7 Å². The first kappa shape index (κ1) is 28.4. The minimum Gasteiger partial charge on any atom is -0.494 e. The molecule has 0 bridgehead atoms. The van der Waals surface area contributed by atoms with Gasteiger partial charge in [-0.15, -0.1) is 0 Å². The number of anilines is 1. The van der Waals surface area contributed by atoms with Crippen LogP contribution in [0.4, 0.5) is 5.69 Å². The Morgan fingerprint density at radius 1 is 1.07 bits per heavy atom. The molecule has 41 heavy (non-hydrogen) atoms. The Kier molecular flexibility index (Phi) is 8.39. The maximum atomic E-state index is 13.9. The summed E-state index contributed by atoms with van der Waals surface area (Å²) in [6, 6.07) is 15.0. The molecule has 3 heterocycles. The Balaban J connectivity index is 1.52. The van der Waals surface area contributed by atoms with Gasteiger partial charge < -0.3 is 23.8 Å². The molecule has 2 aliphatic heterocycles. The maximum Gasteiger partial charge on any atom is 0.325 e. The van der Waals surface area contributed by atoms with Gasteiger partial charge >= 0.3 is 5.97 Å². The molecular weight excluding hydrogens is 540 g/mol. The Bertz CT molecular complexity index is 1510. The van der Waals surface area contributed by atoms with Crippen LogP contribution in [0.1, 0.15) is 38.7 Å². The van der Waals surface area contributed by atoms with Crippen molar-refractivity contribution in [3.05, 3.63) is 66.0 Å². The van der Waals surface area contributed by atoms with E-state index in [2.05, 4.69) is 6.92 Å². The lowest BCUT2D eigenvalue weighted by atomic mass is 10.0. The second-order valence-electron chi connectivity index (χ2n) is 10.2. The molecule has 2 saturated heterocycles. The van der Waals surface area contributed by atoms with Crippen LogP contribution < -0.4 is 9.64 Å². The maximum absolute atomic E-state index is 13.9.